The molecule has 0 saturated carbocycles. The van der Waals surface area contributed by atoms with Gasteiger partial charge in [0.05, 0.1) is 11.5 Å². The first-order chi connectivity index (χ1) is 14.8. The van der Waals surface area contributed by atoms with Gasteiger partial charge in [0.2, 0.25) is 5.91 Å². The van der Waals surface area contributed by atoms with Crippen molar-refractivity contribution in [1.29, 1.82) is 0 Å². The summed E-state index contributed by atoms with van der Waals surface area (Å²) in [5, 5.41) is 4.55. The zero-order chi connectivity index (χ0) is 22.0. The van der Waals surface area contributed by atoms with Crippen LogP contribution >= 0.6 is 23.4 Å². The maximum Gasteiger partial charge on any atom is 0.234 e. The number of halogens is 1. The van der Waals surface area contributed by atoms with Gasteiger partial charge in [-0.2, -0.15) is 0 Å². The molecule has 1 amide bonds. The number of thioether (sulfide) groups is 1. The summed E-state index contributed by atoms with van der Waals surface area (Å²) in [7, 11) is 2.13. The van der Waals surface area contributed by atoms with Crippen molar-refractivity contribution >= 4 is 45.7 Å². The average molecular weight is 455 g/mol. The summed E-state index contributed by atoms with van der Waals surface area (Å²) < 4.78 is 0. The Morgan fingerprint density at radius 1 is 1.13 bits per heavy atom. The second kappa shape index (κ2) is 9.15. The van der Waals surface area contributed by atoms with Crippen LogP contribution in [-0.2, 0) is 4.79 Å². The number of carbonyl (C=O) groups excluding carboxylic acids is 1. The predicted octanol–water partition coefficient (Wildman–Crippen LogP) is 4.95. The summed E-state index contributed by atoms with van der Waals surface area (Å²) >= 11 is 7.54. The summed E-state index contributed by atoms with van der Waals surface area (Å²) in [4.78, 5) is 25.1. The minimum atomic E-state index is -0.409. The van der Waals surface area contributed by atoms with Crippen LogP contribution in [0.5, 0.6) is 0 Å². The van der Waals surface area contributed by atoms with E-state index in [9.17, 15) is 4.79 Å². The number of nitrogens with zero attached hydrogens (tertiary/aromatic N) is 3. The Morgan fingerprint density at radius 2 is 1.84 bits per heavy atom. The first-order valence-corrected chi connectivity index (χ1v) is 11.8. The maximum absolute atomic E-state index is 12.7. The van der Waals surface area contributed by atoms with Crippen LogP contribution in [-0.4, -0.2) is 53.1 Å². The van der Waals surface area contributed by atoms with Crippen LogP contribution in [0, 0.1) is 13.8 Å². The van der Waals surface area contributed by atoms with Crippen LogP contribution in [0.15, 0.2) is 52.4 Å². The molecule has 0 atom stereocenters. The first kappa shape index (κ1) is 22.1. The molecule has 2 aromatic carbocycles. The van der Waals surface area contributed by atoms with Crippen molar-refractivity contribution in [1.82, 2.24) is 4.90 Å². The van der Waals surface area contributed by atoms with Gasteiger partial charge in [-0.1, -0.05) is 53.2 Å². The van der Waals surface area contributed by atoms with E-state index in [2.05, 4.69) is 23.3 Å². The van der Waals surface area contributed by atoms with E-state index in [-0.39, 0.29) is 11.7 Å². The second-order valence-corrected chi connectivity index (χ2v) is 9.73. The van der Waals surface area contributed by atoms with Crippen molar-refractivity contribution in [2.45, 2.75) is 32.4 Å². The number of amides is 1. The normalized spacial score (nSPS) is 18.1. The number of carbonyl (C=O) groups is 1. The highest BCUT2D eigenvalue weighted by molar-refractivity contribution is 8.16. The quantitative estimate of drug-likeness (QED) is 0.710. The van der Waals surface area contributed by atoms with Crippen LogP contribution in [0.25, 0.3) is 0 Å². The first-order valence-electron chi connectivity index (χ1n) is 10.5. The molecule has 0 bridgehead atoms. The lowest BCUT2D eigenvalue weighted by molar-refractivity contribution is -0.113. The zero-order valence-corrected chi connectivity index (χ0v) is 19.7. The third-order valence-corrected chi connectivity index (χ3v) is 6.95. The number of hydrogen-bond acceptors (Lipinski definition) is 5. The molecule has 2 aromatic rings. The molecule has 0 aliphatic carbocycles. The van der Waals surface area contributed by atoms with Gasteiger partial charge < -0.3 is 10.2 Å². The Labute approximate surface area is 193 Å². The Balaban J connectivity index is 1.51. The summed E-state index contributed by atoms with van der Waals surface area (Å²) in [6.07, 6.45) is 1.78. The lowest BCUT2D eigenvalue weighted by Crippen LogP contribution is -2.39. The minimum Gasteiger partial charge on any atom is -0.325 e. The summed E-state index contributed by atoms with van der Waals surface area (Å²) in [5.41, 5.74) is 4.53. The summed E-state index contributed by atoms with van der Waals surface area (Å²) in [6.45, 7) is 5.98. The van der Waals surface area contributed by atoms with Crippen molar-refractivity contribution in [3.63, 3.8) is 0 Å². The Morgan fingerprint density at radius 3 is 2.52 bits per heavy atom. The second-order valence-electron chi connectivity index (χ2n) is 8.33. The van der Waals surface area contributed by atoms with E-state index in [1.165, 1.54) is 17.3 Å². The molecule has 31 heavy (non-hydrogen) atoms. The number of hydrogen-bond donors (Lipinski definition) is 1. The van der Waals surface area contributed by atoms with Gasteiger partial charge in [-0.25, -0.2) is 4.99 Å². The zero-order valence-electron chi connectivity index (χ0n) is 18.1. The molecule has 2 heterocycles. The van der Waals surface area contributed by atoms with Crippen molar-refractivity contribution in [2.24, 2.45) is 9.98 Å². The number of nitrogens with one attached hydrogen (secondary N) is 1. The molecule has 2 aliphatic rings. The van der Waals surface area contributed by atoms with Gasteiger partial charge in [-0.3, -0.25) is 9.79 Å². The lowest BCUT2D eigenvalue weighted by Gasteiger charge is -2.33. The van der Waals surface area contributed by atoms with E-state index in [1.54, 1.807) is 0 Å². The minimum absolute atomic E-state index is 0.0422. The van der Waals surface area contributed by atoms with Crippen molar-refractivity contribution in [2.75, 3.05) is 31.2 Å². The highest BCUT2D eigenvalue weighted by atomic mass is 35.5. The lowest BCUT2D eigenvalue weighted by atomic mass is 9.99. The summed E-state index contributed by atoms with van der Waals surface area (Å²) in [6, 6.07) is 13.7. The maximum atomic E-state index is 12.7. The Hall–Kier alpha value is -2.15. The van der Waals surface area contributed by atoms with Crippen LogP contribution in [0.3, 0.4) is 0 Å². The molecular formula is C24H27ClN4OS. The molecule has 1 fully saturated rings. The van der Waals surface area contributed by atoms with E-state index >= 15 is 0 Å². The van der Waals surface area contributed by atoms with Crippen molar-refractivity contribution < 1.29 is 4.79 Å². The van der Waals surface area contributed by atoms with Crippen molar-refractivity contribution in [3.05, 3.63) is 64.2 Å². The van der Waals surface area contributed by atoms with Gasteiger partial charge in [0.15, 0.2) is 5.66 Å². The fraction of sp³-hybridized carbons (Fsp3) is 0.375. The molecule has 7 heteroatoms. The fourth-order valence-corrected chi connectivity index (χ4v) is 4.89. The number of anilines is 1. The number of rotatable bonds is 4. The highest BCUT2D eigenvalue weighted by Gasteiger charge is 2.39. The van der Waals surface area contributed by atoms with Gasteiger partial charge in [-0.15, -0.1) is 0 Å². The molecule has 0 aromatic heterocycles. The van der Waals surface area contributed by atoms with Gasteiger partial charge in [0, 0.05) is 42.2 Å². The molecule has 5 nitrogen and oxygen atoms in total. The molecule has 0 unspecified atom stereocenters. The standard InChI is InChI=1S/C24H27ClN4OS/c1-16-4-9-20(17(2)14-16)26-21(30)15-31-23-22(18-5-7-19(25)8-6-18)27-24(28-23)10-12-29(3)13-11-24/h4-9,14H,10-13,15H2,1-3H3,(H,26,30). The van der Waals surface area contributed by atoms with E-state index in [0.29, 0.717) is 5.02 Å². The summed E-state index contributed by atoms with van der Waals surface area (Å²) in [5.74, 6) is 0.244. The number of piperidine rings is 1. The molecule has 2 aliphatic heterocycles. The van der Waals surface area contributed by atoms with Gasteiger partial charge in [0.25, 0.3) is 0 Å². The van der Waals surface area contributed by atoms with Crippen LogP contribution in [0.4, 0.5) is 5.69 Å². The van der Waals surface area contributed by atoms with Gasteiger partial charge >= 0.3 is 0 Å². The van der Waals surface area contributed by atoms with E-state index in [1.807, 2.05) is 50.2 Å². The molecular weight excluding hydrogens is 428 g/mol. The largest absolute Gasteiger partial charge is 0.325 e. The van der Waals surface area contributed by atoms with E-state index < -0.39 is 5.66 Å². The molecule has 1 N–H and O–H groups in total. The number of likely N-dealkylation sites (tertiary alicyclic amines) is 1. The molecule has 162 valence electrons. The fourth-order valence-electron chi connectivity index (χ4n) is 3.89. The van der Waals surface area contributed by atoms with E-state index in [0.717, 1.165) is 53.5 Å². The molecule has 1 spiro atoms. The van der Waals surface area contributed by atoms with Crippen LogP contribution in [0.2, 0.25) is 5.02 Å². The van der Waals surface area contributed by atoms with Crippen molar-refractivity contribution in [3.8, 4) is 0 Å². The van der Waals surface area contributed by atoms with Crippen LogP contribution in [0.1, 0.15) is 29.5 Å². The molecule has 0 radical (unpaired) electrons. The SMILES string of the molecule is Cc1ccc(NC(=O)CSC2=NC3(CCN(C)CC3)N=C2c2ccc(Cl)cc2)c(C)c1. The van der Waals surface area contributed by atoms with E-state index in [4.69, 9.17) is 21.6 Å². The Bertz CT molecular complexity index is 1040. The third-order valence-electron chi connectivity index (χ3n) is 5.73. The smallest absolute Gasteiger partial charge is 0.234 e. The van der Waals surface area contributed by atoms with Crippen LogP contribution < -0.4 is 5.32 Å². The monoisotopic (exact) mass is 454 g/mol. The molecule has 1 saturated heterocycles. The molecule has 4 rings (SSSR count). The predicted molar refractivity (Wildman–Crippen MR) is 132 cm³/mol. The highest BCUT2D eigenvalue weighted by Crippen LogP contribution is 2.35. The number of benzene rings is 2. The number of aryl methyl sites for hydroxylation is 2. The average Bonchev–Trinajstić information content (AvgIpc) is 3.10. The topological polar surface area (TPSA) is 57.1 Å². The Kier molecular flexibility index (Phi) is 6.51. The van der Waals surface area contributed by atoms with Gasteiger partial charge in [0.1, 0.15) is 5.04 Å². The van der Waals surface area contributed by atoms with Gasteiger partial charge in [-0.05, 0) is 44.7 Å². The number of aliphatic imine (C=N–C) groups is 2. The third kappa shape index (κ3) is 5.20.